The SMILES string of the molecule is CCC(C)CS(=O)CC(N)c1cc(C)cc(C)c1. The number of nitrogens with two attached hydrogens (primary N) is 1. The van der Waals surface area contributed by atoms with Crippen molar-refractivity contribution in [3.63, 3.8) is 0 Å². The van der Waals surface area contributed by atoms with E-state index in [2.05, 4.69) is 45.9 Å². The minimum atomic E-state index is -0.819. The Labute approximate surface area is 113 Å². The van der Waals surface area contributed by atoms with E-state index >= 15 is 0 Å². The molecule has 0 aliphatic heterocycles. The molecule has 0 radical (unpaired) electrons. The number of hydrogen-bond donors (Lipinski definition) is 1. The topological polar surface area (TPSA) is 43.1 Å². The molecule has 0 bridgehead atoms. The van der Waals surface area contributed by atoms with Crippen LogP contribution in [0.3, 0.4) is 0 Å². The molecular formula is C15H25NOS. The number of aryl methyl sites for hydroxylation is 2. The monoisotopic (exact) mass is 267 g/mol. The number of hydrogen-bond acceptors (Lipinski definition) is 2. The summed E-state index contributed by atoms with van der Waals surface area (Å²) in [5.74, 6) is 1.83. The molecule has 1 aromatic carbocycles. The Balaban J connectivity index is 2.64. The zero-order valence-corrected chi connectivity index (χ0v) is 12.7. The fourth-order valence-corrected chi connectivity index (χ4v) is 3.62. The standard InChI is InChI=1S/C15H25NOS/c1-5-11(2)9-18(17)10-15(16)14-7-12(3)6-13(4)8-14/h6-8,11,15H,5,9-10,16H2,1-4H3. The van der Waals surface area contributed by atoms with E-state index in [-0.39, 0.29) is 6.04 Å². The number of benzene rings is 1. The molecule has 0 fully saturated rings. The first kappa shape index (κ1) is 15.4. The second-order valence-corrected chi connectivity index (χ2v) is 6.86. The normalized spacial score (nSPS) is 16.3. The van der Waals surface area contributed by atoms with Crippen molar-refractivity contribution >= 4 is 10.8 Å². The molecule has 2 N–H and O–H groups in total. The first-order chi connectivity index (χ1) is 8.42. The van der Waals surface area contributed by atoms with Gasteiger partial charge in [0.2, 0.25) is 0 Å². The Kier molecular flexibility index (Phi) is 6.03. The third-order valence-corrected chi connectivity index (χ3v) is 4.88. The van der Waals surface area contributed by atoms with Crippen LogP contribution in [0, 0.1) is 19.8 Å². The average molecular weight is 267 g/mol. The van der Waals surface area contributed by atoms with E-state index in [1.54, 1.807) is 0 Å². The largest absolute Gasteiger partial charge is 0.323 e. The molecule has 102 valence electrons. The van der Waals surface area contributed by atoms with Gasteiger partial charge in [-0.2, -0.15) is 0 Å². The molecule has 18 heavy (non-hydrogen) atoms. The van der Waals surface area contributed by atoms with Crippen molar-refractivity contribution in [2.24, 2.45) is 11.7 Å². The quantitative estimate of drug-likeness (QED) is 0.860. The maximum atomic E-state index is 12.0. The van der Waals surface area contributed by atoms with Crippen molar-refractivity contribution in [1.29, 1.82) is 0 Å². The molecule has 1 aromatic rings. The lowest BCUT2D eigenvalue weighted by Crippen LogP contribution is -2.21. The fourth-order valence-electron chi connectivity index (χ4n) is 2.02. The lowest BCUT2D eigenvalue weighted by molar-refractivity contribution is 0.612. The van der Waals surface area contributed by atoms with Gasteiger partial charge in [-0.05, 0) is 25.3 Å². The first-order valence-corrected chi connectivity index (χ1v) is 8.10. The maximum absolute atomic E-state index is 12.0. The van der Waals surface area contributed by atoms with E-state index in [0.29, 0.717) is 11.7 Å². The Hall–Kier alpha value is -0.670. The van der Waals surface area contributed by atoms with Gasteiger partial charge in [0.05, 0.1) is 0 Å². The molecule has 0 amide bonds. The van der Waals surface area contributed by atoms with Crippen LogP contribution in [0.4, 0.5) is 0 Å². The van der Waals surface area contributed by atoms with Crippen LogP contribution in [0.5, 0.6) is 0 Å². The highest BCUT2D eigenvalue weighted by molar-refractivity contribution is 7.85. The second-order valence-electron chi connectivity index (χ2n) is 5.31. The molecule has 0 saturated carbocycles. The zero-order chi connectivity index (χ0) is 13.7. The van der Waals surface area contributed by atoms with E-state index in [4.69, 9.17) is 5.73 Å². The van der Waals surface area contributed by atoms with E-state index < -0.39 is 10.8 Å². The van der Waals surface area contributed by atoms with Gasteiger partial charge in [-0.3, -0.25) is 4.21 Å². The third kappa shape index (κ3) is 4.91. The fraction of sp³-hybridized carbons (Fsp3) is 0.600. The van der Waals surface area contributed by atoms with Crippen molar-refractivity contribution in [2.75, 3.05) is 11.5 Å². The summed E-state index contributed by atoms with van der Waals surface area (Å²) in [7, 11) is -0.819. The zero-order valence-electron chi connectivity index (χ0n) is 11.9. The van der Waals surface area contributed by atoms with E-state index in [0.717, 1.165) is 17.7 Å². The summed E-state index contributed by atoms with van der Waals surface area (Å²) in [4.78, 5) is 0. The van der Waals surface area contributed by atoms with Crippen molar-refractivity contribution in [2.45, 2.75) is 40.2 Å². The van der Waals surface area contributed by atoms with Gasteiger partial charge in [-0.25, -0.2) is 0 Å². The lowest BCUT2D eigenvalue weighted by Gasteiger charge is -2.15. The van der Waals surface area contributed by atoms with Crippen LogP contribution in [0.2, 0.25) is 0 Å². The minimum absolute atomic E-state index is 0.117. The lowest BCUT2D eigenvalue weighted by atomic mass is 10.0. The van der Waals surface area contributed by atoms with Gasteiger partial charge in [0.25, 0.3) is 0 Å². The van der Waals surface area contributed by atoms with Gasteiger partial charge in [0.1, 0.15) is 0 Å². The van der Waals surface area contributed by atoms with Crippen molar-refractivity contribution < 1.29 is 4.21 Å². The first-order valence-electron chi connectivity index (χ1n) is 6.61. The molecule has 0 aliphatic rings. The van der Waals surface area contributed by atoms with E-state index in [1.807, 2.05) is 0 Å². The highest BCUT2D eigenvalue weighted by Gasteiger charge is 2.13. The van der Waals surface area contributed by atoms with Crippen molar-refractivity contribution in [1.82, 2.24) is 0 Å². The Morgan fingerprint density at radius 2 is 1.72 bits per heavy atom. The summed E-state index contributed by atoms with van der Waals surface area (Å²) in [5, 5.41) is 0. The van der Waals surface area contributed by atoms with Gasteiger partial charge in [-0.1, -0.05) is 49.6 Å². The Morgan fingerprint density at radius 1 is 1.17 bits per heavy atom. The van der Waals surface area contributed by atoms with Gasteiger partial charge in [-0.15, -0.1) is 0 Å². The maximum Gasteiger partial charge on any atom is 0.0428 e. The Morgan fingerprint density at radius 3 is 2.22 bits per heavy atom. The van der Waals surface area contributed by atoms with Crippen LogP contribution >= 0.6 is 0 Å². The summed E-state index contributed by atoms with van der Waals surface area (Å²) >= 11 is 0. The molecule has 0 aliphatic carbocycles. The van der Waals surface area contributed by atoms with Crippen LogP contribution in [0.25, 0.3) is 0 Å². The molecule has 3 heteroatoms. The summed E-state index contributed by atoms with van der Waals surface area (Å²) in [6.45, 7) is 8.41. The second kappa shape index (κ2) is 7.05. The highest BCUT2D eigenvalue weighted by atomic mass is 32.2. The van der Waals surface area contributed by atoms with Crippen LogP contribution in [0.15, 0.2) is 18.2 Å². The van der Waals surface area contributed by atoms with E-state index in [9.17, 15) is 4.21 Å². The van der Waals surface area contributed by atoms with Gasteiger partial charge >= 0.3 is 0 Å². The van der Waals surface area contributed by atoms with Crippen molar-refractivity contribution in [3.05, 3.63) is 34.9 Å². The smallest absolute Gasteiger partial charge is 0.0428 e. The third-order valence-electron chi connectivity index (χ3n) is 3.20. The Bertz CT molecular complexity index is 397. The van der Waals surface area contributed by atoms with Crippen LogP contribution < -0.4 is 5.73 Å². The summed E-state index contributed by atoms with van der Waals surface area (Å²) < 4.78 is 12.0. The summed E-state index contributed by atoms with van der Waals surface area (Å²) in [6, 6.07) is 6.20. The molecule has 0 heterocycles. The molecule has 1 rings (SSSR count). The molecule has 2 nitrogen and oxygen atoms in total. The summed E-state index contributed by atoms with van der Waals surface area (Å²) in [5.41, 5.74) is 9.69. The van der Waals surface area contributed by atoms with Crippen molar-refractivity contribution in [3.8, 4) is 0 Å². The average Bonchev–Trinajstić information content (AvgIpc) is 2.27. The van der Waals surface area contributed by atoms with Crippen LogP contribution in [0.1, 0.15) is 43.0 Å². The summed E-state index contributed by atoms with van der Waals surface area (Å²) in [6.07, 6.45) is 1.07. The molecule has 0 aromatic heterocycles. The predicted molar refractivity (Wildman–Crippen MR) is 80.2 cm³/mol. The van der Waals surface area contributed by atoms with Crippen LogP contribution in [-0.2, 0) is 10.8 Å². The van der Waals surface area contributed by atoms with Gasteiger partial charge in [0, 0.05) is 28.3 Å². The molecule has 0 spiro atoms. The minimum Gasteiger partial charge on any atom is -0.323 e. The molecule has 3 unspecified atom stereocenters. The van der Waals surface area contributed by atoms with Gasteiger partial charge in [0.15, 0.2) is 0 Å². The number of rotatable bonds is 6. The van der Waals surface area contributed by atoms with Gasteiger partial charge < -0.3 is 5.73 Å². The predicted octanol–water partition coefficient (Wildman–Crippen LogP) is 3.10. The molecular weight excluding hydrogens is 242 g/mol. The molecule has 3 atom stereocenters. The molecule has 0 saturated heterocycles. The van der Waals surface area contributed by atoms with E-state index in [1.165, 1.54) is 11.1 Å². The van der Waals surface area contributed by atoms with Crippen LogP contribution in [-0.4, -0.2) is 15.7 Å². The highest BCUT2D eigenvalue weighted by Crippen LogP contribution is 2.17.